The van der Waals surface area contributed by atoms with Gasteiger partial charge in [0, 0.05) is 12.7 Å². The summed E-state index contributed by atoms with van der Waals surface area (Å²) in [7, 11) is 0. The molecule has 0 fully saturated rings. The van der Waals surface area contributed by atoms with Crippen LogP contribution in [0.3, 0.4) is 0 Å². The van der Waals surface area contributed by atoms with Gasteiger partial charge in [-0.05, 0) is 52.4 Å². The maximum absolute atomic E-state index is 5.71. The summed E-state index contributed by atoms with van der Waals surface area (Å²) in [6, 6.07) is 0. The molecule has 0 spiro atoms. The van der Waals surface area contributed by atoms with Crippen LogP contribution in [0.2, 0.25) is 5.28 Å². The van der Waals surface area contributed by atoms with Gasteiger partial charge in [0.15, 0.2) is 0 Å². The van der Waals surface area contributed by atoms with Gasteiger partial charge in [-0.3, -0.25) is 0 Å². The number of thioether (sulfide) groups is 1. The highest BCUT2D eigenvalue weighted by atomic mass is 79.9. The topological polar surface area (TPSA) is 37.8 Å². The van der Waals surface area contributed by atoms with Crippen molar-refractivity contribution in [2.75, 3.05) is 23.9 Å². The number of hydrogen-bond acceptors (Lipinski definition) is 4. The predicted molar refractivity (Wildman–Crippen MR) is 75.5 cm³/mol. The van der Waals surface area contributed by atoms with Gasteiger partial charge in [-0.15, -0.1) is 0 Å². The van der Waals surface area contributed by atoms with E-state index in [1.54, 1.807) is 6.20 Å². The first kappa shape index (κ1) is 14.1. The highest BCUT2D eigenvalue weighted by Gasteiger charge is 2.02. The number of unbranched alkanes of at least 4 members (excludes halogenated alkanes) is 2. The van der Waals surface area contributed by atoms with Crippen LogP contribution < -0.4 is 5.32 Å². The molecule has 0 radical (unpaired) electrons. The highest BCUT2D eigenvalue weighted by Crippen LogP contribution is 2.20. The molecule has 1 heterocycles. The van der Waals surface area contributed by atoms with Crippen LogP contribution in [0.1, 0.15) is 19.3 Å². The van der Waals surface area contributed by atoms with Gasteiger partial charge in [0.25, 0.3) is 0 Å². The standard InChI is InChI=1S/C10H15BrClN3S/c1-16-6-4-2-3-5-13-9-8(11)7-14-10(12)15-9/h7H,2-6H2,1H3,(H,13,14,15). The Morgan fingerprint density at radius 1 is 1.44 bits per heavy atom. The molecule has 1 rings (SSSR count). The zero-order chi connectivity index (χ0) is 11.8. The Balaban J connectivity index is 2.23. The maximum Gasteiger partial charge on any atom is 0.224 e. The second-order valence-corrected chi connectivity index (χ2v) is 5.49. The van der Waals surface area contributed by atoms with Gasteiger partial charge in [0.2, 0.25) is 5.28 Å². The molecule has 6 heteroatoms. The lowest BCUT2D eigenvalue weighted by Crippen LogP contribution is -2.04. The first-order valence-electron chi connectivity index (χ1n) is 5.15. The zero-order valence-electron chi connectivity index (χ0n) is 9.17. The fourth-order valence-electron chi connectivity index (χ4n) is 1.22. The lowest BCUT2D eigenvalue weighted by Gasteiger charge is -2.06. The van der Waals surface area contributed by atoms with Crippen LogP contribution in [0.4, 0.5) is 5.82 Å². The van der Waals surface area contributed by atoms with Gasteiger partial charge in [-0.2, -0.15) is 16.7 Å². The minimum atomic E-state index is 0.271. The number of halogens is 2. The Labute approximate surface area is 114 Å². The lowest BCUT2D eigenvalue weighted by atomic mass is 10.2. The highest BCUT2D eigenvalue weighted by molar-refractivity contribution is 9.10. The van der Waals surface area contributed by atoms with E-state index >= 15 is 0 Å². The molecular weight excluding hydrogens is 310 g/mol. The molecule has 0 aromatic carbocycles. The minimum Gasteiger partial charge on any atom is -0.369 e. The lowest BCUT2D eigenvalue weighted by molar-refractivity contribution is 0.748. The number of nitrogens with one attached hydrogen (secondary N) is 1. The Morgan fingerprint density at radius 3 is 3.00 bits per heavy atom. The molecule has 1 aromatic heterocycles. The summed E-state index contributed by atoms with van der Waals surface area (Å²) in [5.74, 6) is 2.01. The third-order valence-electron chi connectivity index (χ3n) is 2.03. The van der Waals surface area contributed by atoms with Crippen molar-refractivity contribution in [1.82, 2.24) is 9.97 Å². The molecule has 16 heavy (non-hydrogen) atoms. The van der Waals surface area contributed by atoms with Crippen LogP contribution in [0.25, 0.3) is 0 Å². The summed E-state index contributed by atoms with van der Waals surface area (Å²) < 4.78 is 0.848. The third-order valence-corrected chi connectivity index (χ3v) is 3.49. The average Bonchev–Trinajstić information content (AvgIpc) is 2.28. The van der Waals surface area contributed by atoms with Crippen molar-refractivity contribution in [3.05, 3.63) is 16.0 Å². The van der Waals surface area contributed by atoms with Gasteiger partial charge in [0.05, 0.1) is 4.47 Å². The van der Waals surface area contributed by atoms with Crippen molar-refractivity contribution in [2.45, 2.75) is 19.3 Å². The van der Waals surface area contributed by atoms with Crippen molar-refractivity contribution in [3.63, 3.8) is 0 Å². The first-order chi connectivity index (χ1) is 7.74. The van der Waals surface area contributed by atoms with Crippen molar-refractivity contribution >= 4 is 45.1 Å². The Kier molecular flexibility index (Phi) is 7.16. The van der Waals surface area contributed by atoms with Gasteiger partial charge in [-0.25, -0.2) is 4.98 Å². The van der Waals surface area contributed by atoms with Gasteiger partial charge >= 0.3 is 0 Å². The molecule has 0 saturated heterocycles. The number of nitrogens with zero attached hydrogens (tertiary/aromatic N) is 2. The van der Waals surface area contributed by atoms with E-state index < -0.39 is 0 Å². The number of aromatic nitrogens is 2. The van der Waals surface area contributed by atoms with Crippen molar-refractivity contribution in [2.24, 2.45) is 0 Å². The quantitative estimate of drug-likeness (QED) is 0.611. The summed E-state index contributed by atoms with van der Waals surface area (Å²) in [6.07, 6.45) is 7.46. The number of anilines is 1. The molecule has 1 N–H and O–H groups in total. The molecule has 0 amide bonds. The molecular formula is C10H15BrClN3S. The van der Waals surface area contributed by atoms with Gasteiger partial charge in [0.1, 0.15) is 5.82 Å². The van der Waals surface area contributed by atoms with Gasteiger partial charge < -0.3 is 5.32 Å². The average molecular weight is 325 g/mol. The fraction of sp³-hybridized carbons (Fsp3) is 0.600. The molecule has 0 aliphatic rings. The summed E-state index contributed by atoms with van der Waals surface area (Å²) in [5, 5.41) is 3.51. The molecule has 0 bridgehead atoms. The Morgan fingerprint density at radius 2 is 2.25 bits per heavy atom. The van der Waals surface area contributed by atoms with Crippen molar-refractivity contribution < 1.29 is 0 Å². The van der Waals surface area contributed by atoms with Crippen molar-refractivity contribution in [3.8, 4) is 0 Å². The monoisotopic (exact) mass is 323 g/mol. The van der Waals surface area contributed by atoms with Crippen LogP contribution in [-0.4, -0.2) is 28.5 Å². The van der Waals surface area contributed by atoms with Gasteiger partial charge in [-0.1, -0.05) is 6.42 Å². The summed E-state index contributed by atoms with van der Waals surface area (Å²) in [5.41, 5.74) is 0. The summed E-state index contributed by atoms with van der Waals surface area (Å²) >= 11 is 11.0. The second-order valence-electron chi connectivity index (χ2n) is 3.32. The van der Waals surface area contributed by atoms with E-state index in [4.69, 9.17) is 11.6 Å². The molecule has 1 aromatic rings. The summed E-state index contributed by atoms with van der Waals surface area (Å²) in [6.45, 7) is 0.917. The van der Waals surface area contributed by atoms with E-state index in [1.807, 2.05) is 11.8 Å². The fourth-order valence-corrected chi connectivity index (χ4v) is 2.18. The molecule has 0 aliphatic heterocycles. The van der Waals surface area contributed by atoms with E-state index in [9.17, 15) is 0 Å². The van der Waals surface area contributed by atoms with E-state index in [1.165, 1.54) is 18.6 Å². The SMILES string of the molecule is CSCCCCCNc1nc(Cl)ncc1Br. The smallest absolute Gasteiger partial charge is 0.224 e. The van der Waals surface area contributed by atoms with E-state index in [0.717, 1.165) is 23.3 Å². The van der Waals surface area contributed by atoms with Crippen LogP contribution in [-0.2, 0) is 0 Å². The minimum absolute atomic E-state index is 0.271. The van der Waals surface area contributed by atoms with E-state index in [0.29, 0.717) is 0 Å². The molecule has 0 atom stereocenters. The molecule has 3 nitrogen and oxygen atoms in total. The second kappa shape index (κ2) is 8.14. The normalized spacial score (nSPS) is 10.4. The predicted octanol–water partition coefficient (Wildman–Crippen LogP) is 3.84. The van der Waals surface area contributed by atoms with E-state index in [-0.39, 0.29) is 5.28 Å². The van der Waals surface area contributed by atoms with Crippen LogP contribution >= 0.6 is 39.3 Å². The van der Waals surface area contributed by atoms with Crippen LogP contribution in [0.5, 0.6) is 0 Å². The molecule has 0 unspecified atom stereocenters. The largest absolute Gasteiger partial charge is 0.369 e. The third kappa shape index (κ3) is 5.37. The summed E-state index contributed by atoms with van der Waals surface area (Å²) in [4.78, 5) is 7.97. The van der Waals surface area contributed by atoms with Crippen molar-refractivity contribution in [1.29, 1.82) is 0 Å². The first-order valence-corrected chi connectivity index (χ1v) is 7.71. The number of hydrogen-bond donors (Lipinski definition) is 1. The zero-order valence-corrected chi connectivity index (χ0v) is 12.3. The Hall–Kier alpha value is -0.000000000000000111. The molecule has 0 aliphatic carbocycles. The molecule has 0 saturated carbocycles. The van der Waals surface area contributed by atoms with Crippen LogP contribution in [0, 0.1) is 0 Å². The van der Waals surface area contributed by atoms with E-state index in [2.05, 4.69) is 37.5 Å². The van der Waals surface area contributed by atoms with Crippen LogP contribution in [0.15, 0.2) is 10.7 Å². The molecule has 90 valence electrons. The Bertz CT molecular complexity index is 325. The number of rotatable bonds is 7. The maximum atomic E-state index is 5.71.